The maximum absolute atomic E-state index is 13.6. The van der Waals surface area contributed by atoms with Crippen molar-refractivity contribution < 1.29 is 26.4 Å². The number of nitrogens with one attached hydrogen (secondary N) is 4. The number of benzene rings is 1. The van der Waals surface area contributed by atoms with Crippen molar-refractivity contribution in [3.63, 3.8) is 0 Å². The lowest BCUT2D eigenvalue weighted by Gasteiger charge is -2.16. The van der Waals surface area contributed by atoms with Crippen LogP contribution in [0.2, 0.25) is 0 Å². The maximum atomic E-state index is 13.6. The Hall–Kier alpha value is -4.01. The lowest BCUT2D eigenvalue weighted by Crippen LogP contribution is -2.19. The fourth-order valence-electron chi connectivity index (χ4n) is 3.01. The Kier molecular flexibility index (Phi) is 7.92. The predicted octanol–water partition coefficient (Wildman–Crippen LogP) is 3.07. The summed E-state index contributed by atoms with van der Waals surface area (Å²) in [5.41, 5.74) is 0.470. The van der Waals surface area contributed by atoms with Crippen LogP contribution in [-0.4, -0.2) is 47.1 Å². The van der Waals surface area contributed by atoms with Crippen molar-refractivity contribution in [1.82, 2.24) is 25.3 Å². The van der Waals surface area contributed by atoms with Gasteiger partial charge in [0.05, 0.1) is 12.3 Å². The van der Waals surface area contributed by atoms with Crippen LogP contribution in [0.5, 0.6) is 0 Å². The first kappa shape index (κ1) is 26.6. The monoisotopic (exact) mass is 524 g/mol. The second-order valence-corrected chi connectivity index (χ2v) is 9.41. The highest BCUT2D eigenvalue weighted by atomic mass is 32.2. The molecular weight excluding hydrogens is 501 g/mol. The van der Waals surface area contributed by atoms with Gasteiger partial charge >= 0.3 is 6.18 Å². The minimum Gasteiger partial charge on any atom is -0.364 e. The molecule has 4 N–H and O–H groups in total. The topological polar surface area (TPSA) is 151 Å². The first-order valence-corrected chi connectivity index (χ1v) is 12.2. The van der Waals surface area contributed by atoms with E-state index in [0.29, 0.717) is 23.0 Å². The fraction of sp³-hybridized carbons (Fsp3) is 0.286. The quantitative estimate of drug-likeness (QED) is 0.331. The molecule has 0 fully saturated rings. The zero-order chi connectivity index (χ0) is 26.5. The van der Waals surface area contributed by atoms with Crippen molar-refractivity contribution in [3.8, 4) is 0 Å². The van der Waals surface area contributed by atoms with Crippen molar-refractivity contribution in [1.29, 1.82) is 0 Å². The molecule has 36 heavy (non-hydrogen) atoms. The summed E-state index contributed by atoms with van der Waals surface area (Å²) in [7, 11) is -2.18. The lowest BCUT2D eigenvalue weighted by atomic mass is 10.1. The smallest absolute Gasteiger partial charge is 0.364 e. The number of alkyl halides is 3. The third-order valence-electron chi connectivity index (χ3n) is 4.88. The van der Waals surface area contributed by atoms with E-state index in [1.54, 1.807) is 25.1 Å². The normalized spacial score (nSPS) is 11.6. The molecule has 15 heteroatoms. The summed E-state index contributed by atoms with van der Waals surface area (Å²) in [5, 5.41) is 7.88. The van der Waals surface area contributed by atoms with Gasteiger partial charge in [-0.15, -0.1) is 0 Å². The van der Waals surface area contributed by atoms with Crippen LogP contribution in [0.3, 0.4) is 0 Å². The highest BCUT2D eigenvalue weighted by Gasteiger charge is 2.35. The molecule has 0 aliphatic carbocycles. The van der Waals surface area contributed by atoms with Gasteiger partial charge in [-0.25, -0.2) is 18.4 Å². The molecule has 0 aliphatic heterocycles. The molecule has 1 amide bonds. The molecule has 0 atom stereocenters. The molecule has 0 saturated carbocycles. The summed E-state index contributed by atoms with van der Waals surface area (Å²) in [6.45, 7) is 2.83. The van der Waals surface area contributed by atoms with Crippen molar-refractivity contribution >= 4 is 39.2 Å². The summed E-state index contributed by atoms with van der Waals surface area (Å²) < 4.78 is 66.8. The first-order valence-electron chi connectivity index (χ1n) is 10.5. The van der Waals surface area contributed by atoms with Crippen LogP contribution in [0.25, 0.3) is 0 Å². The van der Waals surface area contributed by atoms with Gasteiger partial charge < -0.3 is 16.0 Å². The molecular formula is C21H23F3N8O3S. The molecule has 0 radical (unpaired) electrons. The molecule has 0 aliphatic rings. The van der Waals surface area contributed by atoms with E-state index in [-0.39, 0.29) is 35.7 Å². The van der Waals surface area contributed by atoms with Gasteiger partial charge in [0.15, 0.2) is 5.82 Å². The number of rotatable bonds is 9. The van der Waals surface area contributed by atoms with Crippen LogP contribution in [0, 0.1) is 6.92 Å². The average Bonchev–Trinajstić information content (AvgIpc) is 2.82. The van der Waals surface area contributed by atoms with Gasteiger partial charge in [-0.05, 0) is 37.6 Å². The van der Waals surface area contributed by atoms with Crippen LogP contribution in [0.4, 0.5) is 36.4 Å². The van der Waals surface area contributed by atoms with E-state index in [9.17, 15) is 26.4 Å². The van der Waals surface area contributed by atoms with Gasteiger partial charge in [-0.3, -0.25) is 14.5 Å². The number of sulfonamides is 1. The number of anilines is 4. The van der Waals surface area contributed by atoms with Crippen molar-refractivity contribution in [2.75, 3.05) is 28.2 Å². The molecule has 0 saturated heterocycles. The number of aryl methyl sites for hydroxylation is 1. The van der Waals surface area contributed by atoms with Crippen molar-refractivity contribution in [2.45, 2.75) is 26.6 Å². The summed E-state index contributed by atoms with van der Waals surface area (Å²) in [6.07, 6.45) is -1.60. The highest BCUT2D eigenvalue weighted by molar-refractivity contribution is 7.92. The van der Waals surface area contributed by atoms with Crippen molar-refractivity contribution in [2.24, 2.45) is 0 Å². The third kappa shape index (κ3) is 6.56. The Morgan fingerprint density at radius 3 is 2.44 bits per heavy atom. The number of halogens is 3. The maximum Gasteiger partial charge on any atom is 0.421 e. The number of amides is 1. The van der Waals surface area contributed by atoms with Crippen LogP contribution in [0.15, 0.2) is 36.8 Å². The van der Waals surface area contributed by atoms with Gasteiger partial charge in [0, 0.05) is 36.9 Å². The van der Waals surface area contributed by atoms with Crippen LogP contribution < -0.4 is 20.7 Å². The van der Waals surface area contributed by atoms with Crippen LogP contribution >= 0.6 is 0 Å². The molecule has 11 nitrogen and oxygen atoms in total. The summed E-state index contributed by atoms with van der Waals surface area (Å²) in [5.74, 6) is -1.29. The van der Waals surface area contributed by atoms with E-state index in [2.05, 4.69) is 40.6 Å². The van der Waals surface area contributed by atoms with Crippen LogP contribution in [0.1, 0.15) is 34.1 Å². The minimum absolute atomic E-state index is 0.0659. The van der Waals surface area contributed by atoms with Gasteiger partial charge in [0.25, 0.3) is 5.91 Å². The second kappa shape index (κ2) is 10.7. The van der Waals surface area contributed by atoms with E-state index in [1.165, 1.54) is 26.4 Å². The Bertz CT molecular complexity index is 1370. The molecule has 1 aromatic carbocycles. The Morgan fingerprint density at radius 2 is 1.81 bits per heavy atom. The molecule has 3 rings (SSSR count). The number of carbonyl (C=O) groups excluding carboxylic acids is 1. The summed E-state index contributed by atoms with van der Waals surface area (Å²) >= 11 is 0. The number of carbonyl (C=O) groups is 1. The van der Waals surface area contributed by atoms with Gasteiger partial charge in [0.2, 0.25) is 16.0 Å². The minimum atomic E-state index is -4.76. The SMILES string of the molecule is CCS(=O)(=O)Nc1nccnc1CNc1nc(Nc2ccc(C(=O)NC)c(C)c2)ncc1C(F)(F)F. The number of hydrogen-bond donors (Lipinski definition) is 4. The standard InChI is InChI=1S/C21H23F3N8O3S/c1-4-36(34,35)32-18-16(26-7-8-27-18)11-28-17-15(21(22,23)24)10-29-20(31-17)30-13-5-6-14(12(2)9-13)19(33)25-3/h5-10H,4,11H2,1-3H3,(H,25,33)(H,27,32)(H2,28,29,30,31). The van der Waals surface area contributed by atoms with Crippen LogP contribution in [-0.2, 0) is 22.7 Å². The second-order valence-electron chi connectivity index (χ2n) is 7.40. The zero-order valence-electron chi connectivity index (χ0n) is 19.4. The molecule has 0 unspecified atom stereocenters. The molecule has 0 bridgehead atoms. The highest BCUT2D eigenvalue weighted by Crippen LogP contribution is 2.34. The lowest BCUT2D eigenvalue weighted by molar-refractivity contribution is -0.137. The van der Waals surface area contributed by atoms with Gasteiger partial charge in [-0.2, -0.15) is 18.2 Å². The number of aromatic nitrogens is 4. The largest absolute Gasteiger partial charge is 0.421 e. The number of nitrogens with zero attached hydrogens (tertiary/aromatic N) is 4. The molecule has 2 heterocycles. The zero-order valence-corrected chi connectivity index (χ0v) is 20.3. The molecule has 2 aromatic heterocycles. The van der Waals surface area contributed by atoms with E-state index in [0.717, 1.165) is 0 Å². The Morgan fingerprint density at radius 1 is 1.08 bits per heavy atom. The molecule has 0 spiro atoms. The average molecular weight is 525 g/mol. The first-order chi connectivity index (χ1) is 16.9. The fourth-order valence-corrected chi connectivity index (χ4v) is 3.62. The summed E-state index contributed by atoms with van der Waals surface area (Å²) in [4.78, 5) is 27.5. The number of hydrogen-bond acceptors (Lipinski definition) is 9. The Labute approximate surface area is 205 Å². The van der Waals surface area contributed by atoms with E-state index in [4.69, 9.17) is 0 Å². The van der Waals surface area contributed by atoms with Crippen molar-refractivity contribution in [3.05, 3.63) is 59.2 Å². The molecule has 192 valence electrons. The van der Waals surface area contributed by atoms with E-state index in [1.807, 2.05) is 0 Å². The predicted molar refractivity (Wildman–Crippen MR) is 127 cm³/mol. The Balaban J connectivity index is 1.88. The van der Waals surface area contributed by atoms with E-state index < -0.39 is 27.6 Å². The summed E-state index contributed by atoms with van der Waals surface area (Å²) in [6, 6.07) is 4.76. The van der Waals surface area contributed by atoms with E-state index >= 15 is 0 Å². The van der Waals surface area contributed by atoms with Gasteiger partial charge in [-0.1, -0.05) is 0 Å². The molecule has 3 aromatic rings. The van der Waals surface area contributed by atoms with Gasteiger partial charge in [0.1, 0.15) is 17.1 Å². The third-order valence-corrected chi connectivity index (χ3v) is 6.14.